The van der Waals surface area contributed by atoms with Gasteiger partial charge >= 0.3 is 12.0 Å². The number of nitrogens with zero attached hydrogens (tertiary/aromatic N) is 2. The van der Waals surface area contributed by atoms with Gasteiger partial charge in [0.15, 0.2) is 0 Å². The number of fused-ring (bicyclic) bond motifs is 3. The van der Waals surface area contributed by atoms with Crippen molar-refractivity contribution in [3.63, 3.8) is 0 Å². The summed E-state index contributed by atoms with van der Waals surface area (Å²) in [6, 6.07) is 18.6. The van der Waals surface area contributed by atoms with E-state index in [1.807, 2.05) is 43.5 Å². The summed E-state index contributed by atoms with van der Waals surface area (Å²) in [6.45, 7) is 4.50. The van der Waals surface area contributed by atoms with Gasteiger partial charge in [-0.15, -0.1) is 0 Å². The third kappa shape index (κ3) is 3.49. The van der Waals surface area contributed by atoms with Gasteiger partial charge in [-0.3, -0.25) is 0 Å². The van der Waals surface area contributed by atoms with Crippen molar-refractivity contribution in [2.75, 3.05) is 11.9 Å². The molecule has 0 radical (unpaired) electrons. The number of nitrogens with one attached hydrogen (secondary N) is 1. The van der Waals surface area contributed by atoms with Crippen LogP contribution in [0.5, 0.6) is 0 Å². The fourth-order valence-corrected chi connectivity index (χ4v) is 3.73. The number of esters is 1. The van der Waals surface area contributed by atoms with Gasteiger partial charge in [0.05, 0.1) is 36.1 Å². The lowest BCUT2D eigenvalue weighted by Gasteiger charge is -2.28. The number of ether oxygens (including phenoxy) is 1. The van der Waals surface area contributed by atoms with Crippen molar-refractivity contribution in [1.29, 1.82) is 0 Å². The molecule has 148 valence electrons. The van der Waals surface area contributed by atoms with Crippen LogP contribution in [0, 0.1) is 0 Å². The van der Waals surface area contributed by atoms with Crippen molar-refractivity contribution < 1.29 is 14.3 Å². The number of benzene rings is 2. The van der Waals surface area contributed by atoms with Gasteiger partial charge in [-0.25, -0.2) is 9.59 Å². The number of rotatable bonds is 3. The molecule has 1 unspecified atom stereocenters. The lowest BCUT2D eigenvalue weighted by atomic mass is 10.1. The number of hydrogen-bond acceptors (Lipinski definition) is 3. The van der Waals surface area contributed by atoms with Crippen LogP contribution in [0.3, 0.4) is 0 Å². The summed E-state index contributed by atoms with van der Waals surface area (Å²) >= 11 is 0. The maximum absolute atomic E-state index is 13.3. The smallest absolute Gasteiger partial charge is 0.340 e. The molecule has 0 fully saturated rings. The van der Waals surface area contributed by atoms with Gasteiger partial charge in [0.25, 0.3) is 0 Å². The largest absolute Gasteiger partial charge is 0.462 e. The van der Waals surface area contributed by atoms with Crippen LogP contribution in [0.25, 0.3) is 5.69 Å². The summed E-state index contributed by atoms with van der Waals surface area (Å²) in [7, 11) is 0. The lowest BCUT2D eigenvalue weighted by Crippen LogP contribution is -2.36. The van der Waals surface area contributed by atoms with Gasteiger partial charge in [-0.2, -0.15) is 0 Å². The summed E-state index contributed by atoms with van der Waals surface area (Å²) in [6.07, 6.45) is 2.02. The van der Waals surface area contributed by atoms with Gasteiger partial charge in [-0.05, 0) is 49.7 Å². The summed E-state index contributed by atoms with van der Waals surface area (Å²) < 4.78 is 7.24. The van der Waals surface area contributed by atoms with E-state index in [0.29, 0.717) is 17.8 Å². The molecule has 1 N–H and O–H groups in total. The zero-order valence-electron chi connectivity index (χ0n) is 16.5. The number of amides is 2. The number of carbonyl (C=O) groups is 2. The average molecular weight is 389 g/mol. The van der Waals surface area contributed by atoms with Crippen molar-refractivity contribution >= 4 is 17.7 Å². The number of carbonyl (C=O) groups excluding carboxylic acids is 2. The predicted molar refractivity (Wildman–Crippen MR) is 111 cm³/mol. The third-order valence-corrected chi connectivity index (χ3v) is 5.19. The fraction of sp³-hybridized carbons (Fsp3) is 0.217. The van der Waals surface area contributed by atoms with Crippen molar-refractivity contribution in [2.24, 2.45) is 0 Å². The maximum atomic E-state index is 13.3. The van der Waals surface area contributed by atoms with Crippen LogP contribution < -0.4 is 5.32 Å². The van der Waals surface area contributed by atoms with E-state index in [0.717, 1.165) is 16.9 Å². The molecule has 2 aromatic carbocycles. The highest BCUT2D eigenvalue weighted by atomic mass is 16.5. The summed E-state index contributed by atoms with van der Waals surface area (Å²) in [5.74, 6) is -0.452. The molecule has 1 aliphatic rings. The van der Waals surface area contributed by atoms with Crippen LogP contribution in [-0.2, 0) is 11.3 Å². The Labute approximate surface area is 169 Å². The van der Waals surface area contributed by atoms with E-state index in [1.54, 1.807) is 36.1 Å². The molecule has 6 nitrogen and oxygen atoms in total. The zero-order chi connectivity index (χ0) is 20.4. The molecule has 3 aromatic rings. The Morgan fingerprint density at radius 2 is 1.83 bits per heavy atom. The monoisotopic (exact) mass is 389 g/mol. The van der Waals surface area contributed by atoms with E-state index in [-0.39, 0.29) is 18.7 Å². The van der Waals surface area contributed by atoms with Gasteiger partial charge in [0.1, 0.15) is 0 Å². The molecular formula is C23H23N3O3. The minimum absolute atomic E-state index is 0.146. The van der Waals surface area contributed by atoms with E-state index < -0.39 is 5.97 Å². The molecular weight excluding hydrogens is 366 g/mol. The molecule has 0 bridgehead atoms. The Hall–Kier alpha value is -3.54. The van der Waals surface area contributed by atoms with Gasteiger partial charge < -0.3 is 19.5 Å². The second-order valence-electron chi connectivity index (χ2n) is 6.93. The van der Waals surface area contributed by atoms with Gasteiger partial charge in [0.2, 0.25) is 0 Å². The van der Waals surface area contributed by atoms with E-state index in [9.17, 15) is 9.59 Å². The summed E-state index contributed by atoms with van der Waals surface area (Å²) in [5, 5.41) is 2.91. The fourth-order valence-electron chi connectivity index (χ4n) is 3.73. The highest BCUT2D eigenvalue weighted by Gasteiger charge is 2.29. The van der Waals surface area contributed by atoms with Crippen molar-refractivity contribution in [2.45, 2.75) is 26.4 Å². The first kappa shape index (κ1) is 18.8. The second kappa shape index (κ2) is 7.83. The van der Waals surface area contributed by atoms with Crippen LogP contribution >= 0.6 is 0 Å². The first-order chi connectivity index (χ1) is 14.1. The molecule has 6 heteroatoms. The summed E-state index contributed by atoms with van der Waals surface area (Å²) in [5.41, 5.74) is 3.94. The van der Waals surface area contributed by atoms with Crippen LogP contribution in [0.15, 0.2) is 66.9 Å². The Balaban J connectivity index is 1.66. The van der Waals surface area contributed by atoms with Crippen LogP contribution in [-0.4, -0.2) is 28.1 Å². The molecule has 1 aliphatic heterocycles. The number of urea groups is 1. The molecule has 4 rings (SSSR count). The third-order valence-electron chi connectivity index (χ3n) is 5.19. The van der Waals surface area contributed by atoms with E-state index >= 15 is 0 Å². The molecule has 2 amide bonds. The van der Waals surface area contributed by atoms with Crippen molar-refractivity contribution in [3.05, 3.63) is 83.7 Å². The molecule has 0 aliphatic carbocycles. The van der Waals surface area contributed by atoms with E-state index in [4.69, 9.17) is 4.74 Å². The number of hydrogen-bond donors (Lipinski definition) is 1. The standard InChI is InChI=1S/C23H23N3O3/c1-3-29-22(27)18-10-5-6-11-19(18)24-23(28)26-15-17-9-4-7-12-21(17)25-14-8-13-20(25)16(26)2/h4-14,16H,3,15H2,1-2H3,(H,24,28). The first-order valence-corrected chi connectivity index (χ1v) is 9.69. The van der Waals surface area contributed by atoms with Crippen molar-refractivity contribution in [1.82, 2.24) is 9.47 Å². The molecule has 29 heavy (non-hydrogen) atoms. The topological polar surface area (TPSA) is 63.6 Å². The van der Waals surface area contributed by atoms with Gasteiger partial charge in [0, 0.05) is 11.9 Å². The van der Waals surface area contributed by atoms with Crippen LogP contribution in [0.1, 0.15) is 41.5 Å². The molecule has 0 spiro atoms. The molecule has 1 atom stereocenters. The molecule has 2 heterocycles. The SMILES string of the molecule is CCOC(=O)c1ccccc1NC(=O)N1Cc2ccccc2-n2cccc2C1C. The highest BCUT2D eigenvalue weighted by Crippen LogP contribution is 2.32. The second-order valence-corrected chi connectivity index (χ2v) is 6.93. The first-order valence-electron chi connectivity index (χ1n) is 9.69. The molecule has 1 aromatic heterocycles. The predicted octanol–water partition coefficient (Wildman–Crippen LogP) is 4.76. The Morgan fingerprint density at radius 3 is 2.66 bits per heavy atom. The average Bonchev–Trinajstić information content (AvgIpc) is 3.18. The minimum Gasteiger partial charge on any atom is -0.462 e. The number of anilines is 1. The lowest BCUT2D eigenvalue weighted by molar-refractivity contribution is 0.0527. The zero-order valence-corrected chi connectivity index (χ0v) is 16.5. The van der Waals surface area contributed by atoms with Crippen LogP contribution in [0.4, 0.5) is 10.5 Å². The minimum atomic E-state index is -0.452. The Kier molecular flexibility index (Phi) is 5.08. The molecule has 0 saturated heterocycles. The quantitative estimate of drug-likeness (QED) is 0.657. The number of aromatic nitrogens is 1. The number of para-hydroxylation sites is 2. The maximum Gasteiger partial charge on any atom is 0.340 e. The summed E-state index contributed by atoms with van der Waals surface area (Å²) in [4.78, 5) is 27.3. The Bertz CT molecular complexity index is 1060. The normalized spacial score (nSPS) is 15.1. The van der Waals surface area contributed by atoms with Gasteiger partial charge in [-0.1, -0.05) is 30.3 Å². The highest BCUT2D eigenvalue weighted by molar-refractivity contribution is 6.00. The molecule has 0 saturated carbocycles. The van der Waals surface area contributed by atoms with Crippen molar-refractivity contribution in [3.8, 4) is 5.69 Å². The Morgan fingerprint density at radius 1 is 1.07 bits per heavy atom. The van der Waals surface area contributed by atoms with Crippen LogP contribution in [0.2, 0.25) is 0 Å². The van der Waals surface area contributed by atoms with E-state index in [2.05, 4.69) is 16.0 Å². The van der Waals surface area contributed by atoms with E-state index in [1.165, 1.54) is 0 Å².